The Balaban J connectivity index is 1.80. The number of rotatable bonds is 4. The van der Waals surface area contributed by atoms with Gasteiger partial charge in [-0.2, -0.15) is 0 Å². The number of hydrogen-bond acceptors (Lipinski definition) is 6. The topological polar surface area (TPSA) is 102 Å². The van der Waals surface area contributed by atoms with Crippen molar-refractivity contribution in [2.24, 2.45) is 11.8 Å². The van der Waals surface area contributed by atoms with Crippen LogP contribution < -0.4 is 5.32 Å². The molecule has 1 fully saturated rings. The predicted molar refractivity (Wildman–Crippen MR) is 76.7 cm³/mol. The highest BCUT2D eigenvalue weighted by Crippen LogP contribution is 2.40. The van der Waals surface area contributed by atoms with Crippen LogP contribution in [0.25, 0.3) is 0 Å². The SMILES string of the molecule is COC(=O)c1sccc1NC(=O)[C@@H]1[C@H](C(=O)O)[C@H]2C=C[C@H]1O2. The van der Waals surface area contributed by atoms with E-state index in [4.69, 9.17) is 4.74 Å². The molecule has 1 saturated heterocycles. The van der Waals surface area contributed by atoms with Gasteiger partial charge in [-0.3, -0.25) is 9.59 Å². The lowest BCUT2D eigenvalue weighted by Gasteiger charge is -2.20. The molecule has 3 rings (SSSR count). The minimum absolute atomic E-state index is 0.266. The quantitative estimate of drug-likeness (QED) is 0.636. The Morgan fingerprint density at radius 3 is 2.59 bits per heavy atom. The summed E-state index contributed by atoms with van der Waals surface area (Å²) in [6.45, 7) is 0. The van der Waals surface area contributed by atoms with Crippen molar-refractivity contribution in [2.75, 3.05) is 12.4 Å². The summed E-state index contributed by atoms with van der Waals surface area (Å²) in [5.41, 5.74) is 0.317. The van der Waals surface area contributed by atoms with Crippen molar-refractivity contribution < 1.29 is 29.0 Å². The Kier molecular flexibility index (Phi) is 3.71. The minimum Gasteiger partial charge on any atom is -0.481 e. The second kappa shape index (κ2) is 5.54. The Labute approximate surface area is 129 Å². The molecule has 2 bridgehead atoms. The molecule has 1 aromatic heterocycles. The van der Waals surface area contributed by atoms with Crippen LogP contribution >= 0.6 is 11.3 Å². The van der Waals surface area contributed by atoms with Crippen molar-refractivity contribution in [3.63, 3.8) is 0 Å². The average molecular weight is 323 g/mol. The van der Waals surface area contributed by atoms with Gasteiger partial charge in [-0.05, 0) is 11.4 Å². The molecule has 2 aliphatic rings. The van der Waals surface area contributed by atoms with Crippen LogP contribution in [-0.2, 0) is 19.1 Å². The number of fused-ring (bicyclic) bond motifs is 2. The van der Waals surface area contributed by atoms with Gasteiger partial charge < -0.3 is 19.9 Å². The van der Waals surface area contributed by atoms with Crippen LogP contribution in [0.1, 0.15) is 9.67 Å². The highest BCUT2D eigenvalue weighted by atomic mass is 32.1. The van der Waals surface area contributed by atoms with Gasteiger partial charge in [0.2, 0.25) is 5.91 Å². The zero-order valence-corrected chi connectivity index (χ0v) is 12.3. The molecular formula is C14H13NO6S. The molecule has 0 radical (unpaired) electrons. The minimum atomic E-state index is -1.07. The summed E-state index contributed by atoms with van der Waals surface area (Å²) in [7, 11) is 1.25. The van der Waals surface area contributed by atoms with Gasteiger partial charge in [0, 0.05) is 0 Å². The molecule has 2 N–H and O–H groups in total. The number of nitrogens with one attached hydrogen (secondary N) is 1. The number of carboxylic acid groups (broad SMARTS) is 1. The summed E-state index contributed by atoms with van der Waals surface area (Å²) in [5.74, 6) is -3.85. The van der Waals surface area contributed by atoms with Crippen LogP contribution in [0.15, 0.2) is 23.6 Å². The molecule has 0 aromatic carbocycles. The van der Waals surface area contributed by atoms with E-state index in [0.717, 1.165) is 11.3 Å². The molecule has 0 saturated carbocycles. The molecule has 2 aliphatic heterocycles. The Hall–Kier alpha value is -2.19. The summed E-state index contributed by atoms with van der Waals surface area (Å²) in [5, 5.41) is 13.6. The van der Waals surface area contributed by atoms with Gasteiger partial charge in [0.15, 0.2) is 0 Å². The number of ether oxygens (including phenoxy) is 2. The smallest absolute Gasteiger partial charge is 0.350 e. The summed E-state index contributed by atoms with van der Waals surface area (Å²) < 4.78 is 10.1. The third kappa shape index (κ3) is 2.30. The highest BCUT2D eigenvalue weighted by Gasteiger charge is 2.53. The molecule has 0 spiro atoms. The number of thiophene rings is 1. The summed E-state index contributed by atoms with van der Waals surface area (Å²) in [6.07, 6.45) is 2.23. The summed E-state index contributed by atoms with van der Waals surface area (Å²) in [4.78, 5) is 35.7. The standard InChI is InChI=1S/C14H13NO6S/c1-20-14(19)11-6(4-5-22-11)15-12(16)9-7-2-3-8(21-7)10(9)13(17)18/h2-5,7-10H,1H3,(H,15,16)(H,17,18)/t7-,8-,9+,10-/m1/s1. The molecule has 3 heterocycles. The monoisotopic (exact) mass is 323 g/mol. The number of hydrogen-bond donors (Lipinski definition) is 2. The number of aliphatic carboxylic acids is 1. The number of methoxy groups -OCH3 is 1. The van der Waals surface area contributed by atoms with Gasteiger partial charge in [0.25, 0.3) is 0 Å². The summed E-state index contributed by atoms with van der Waals surface area (Å²) in [6, 6.07) is 1.58. The largest absolute Gasteiger partial charge is 0.481 e. The van der Waals surface area contributed by atoms with E-state index in [0.29, 0.717) is 5.69 Å². The van der Waals surface area contributed by atoms with Crippen molar-refractivity contribution in [3.05, 3.63) is 28.5 Å². The predicted octanol–water partition coefficient (Wildman–Crippen LogP) is 1.13. The molecule has 0 aliphatic carbocycles. The molecule has 1 amide bonds. The first kappa shape index (κ1) is 14.7. The molecule has 4 atom stereocenters. The van der Waals surface area contributed by atoms with E-state index in [1.165, 1.54) is 7.11 Å². The second-order valence-electron chi connectivity index (χ2n) is 4.98. The molecule has 116 valence electrons. The normalized spacial score (nSPS) is 28.6. The third-order valence-electron chi connectivity index (χ3n) is 3.78. The van der Waals surface area contributed by atoms with Gasteiger partial charge in [-0.25, -0.2) is 4.79 Å². The van der Waals surface area contributed by atoms with Gasteiger partial charge >= 0.3 is 11.9 Å². The van der Waals surface area contributed by atoms with E-state index in [-0.39, 0.29) is 4.88 Å². The molecule has 1 aromatic rings. The maximum absolute atomic E-state index is 12.4. The van der Waals surface area contributed by atoms with E-state index >= 15 is 0 Å². The van der Waals surface area contributed by atoms with Crippen molar-refractivity contribution in [1.29, 1.82) is 0 Å². The molecular weight excluding hydrogens is 310 g/mol. The van der Waals surface area contributed by atoms with Gasteiger partial charge in [0.05, 0.1) is 30.9 Å². The fourth-order valence-electron chi connectivity index (χ4n) is 2.79. The maximum atomic E-state index is 12.4. The lowest BCUT2D eigenvalue weighted by Crippen LogP contribution is -2.39. The zero-order chi connectivity index (χ0) is 15.9. The van der Waals surface area contributed by atoms with Crippen LogP contribution in [0.2, 0.25) is 0 Å². The van der Waals surface area contributed by atoms with Gasteiger partial charge in [0.1, 0.15) is 10.8 Å². The molecule has 0 unspecified atom stereocenters. The lowest BCUT2D eigenvalue weighted by molar-refractivity contribution is -0.145. The second-order valence-corrected chi connectivity index (χ2v) is 5.90. The molecule has 7 nitrogen and oxygen atoms in total. The first-order chi connectivity index (χ1) is 10.5. The first-order valence-electron chi connectivity index (χ1n) is 6.56. The van der Waals surface area contributed by atoms with Crippen LogP contribution in [0, 0.1) is 11.8 Å². The van der Waals surface area contributed by atoms with Crippen molar-refractivity contribution >= 4 is 34.9 Å². The number of carboxylic acids is 1. The van der Waals surface area contributed by atoms with Crippen molar-refractivity contribution in [2.45, 2.75) is 12.2 Å². The number of anilines is 1. The summed E-state index contributed by atoms with van der Waals surface area (Å²) >= 11 is 1.14. The van der Waals surface area contributed by atoms with Crippen LogP contribution in [0.4, 0.5) is 5.69 Å². The lowest BCUT2D eigenvalue weighted by atomic mass is 9.82. The Morgan fingerprint density at radius 2 is 1.95 bits per heavy atom. The maximum Gasteiger partial charge on any atom is 0.350 e. The third-order valence-corrected chi connectivity index (χ3v) is 4.68. The fraction of sp³-hybridized carbons (Fsp3) is 0.357. The van der Waals surface area contributed by atoms with E-state index in [2.05, 4.69) is 10.1 Å². The number of amides is 1. The Bertz CT molecular complexity index is 666. The van der Waals surface area contributed by atoms with Crippen LogP contribution in [-0.4, -0.2) is 42.3 Å². The highest BCUT2D eigenvalue weighted by molar-refractivity contribution is 7.12. The fourth-order valence-corrected chi connectivity index (χ4v) is 3.56. The van der Waals surface area contributed by atoms with Gasteiger partial charge in [-0.1, -0.05) is 12.2 Å². The van der Waals surface area contributed by atoms with Crippen molar-refractivity contribution in [3.8, 4) is 0 Å². The van der Waals surface area contributed by atoms with E-state index in [1.807, 2.05) is 0 Å². The van der Waals surface area contributed by atoms with E-state index < -0.39 is 41.9 Å². The van der Waals surface area contributed by atoms with Crippen molar-refractivity contribution in [1.82, 2.24) is 0 Å². The van der Waals surface area contributed by atoms with Crippen LogP contribution in [0.5, 0.6) is 0 Å². The van der Waals surface area contributed by atoms with Crippen LogP contribution in [0.3, 0.4) is 0 Å². The molecule has 22 heavy (non-hydrogen) atoms. The van der Waals surface area contributed by atoms with E-state index in [9.17, 15) is 19.5 Å². The zero-order valence-electron chi connectivity index (χ0n) is 11.5. The van der Waals surface area contributed by atoms with E-state index in [1.54, 1.807) is 23.6 Å². The number of carbonyl (C=O) groups is 3. The number of esters is 1. The first-order valence-corrected chi connectivity index (χ1v) is 7.44. The average Bonchev–Trinajstić information content (AvgIpc) is 3.20. The number of carbonyl (C=O) groups excluding carboxylic acids is 2. The molecule has 8 heteroatoms. The Morgan fingerprint density at radius 1 is 1.27 bits per heavy atom. The van der Waals surface area contributed by atoms with Gasteiger partial charge in [-0.15, -0.1) is 11.3 Å².